The van der Waals surface area contributed by atoms with Crippen LogP contribution in [0.3, 0.4) is 0 Å². The second-order valence-corrected chi connectivity index (χ2v) is 19.4. The van der Waals surface area contributed by atoms with Crippen molar-refractivity contribution in [3.63, 3.8) is 0 Å². The summed E-state index contributed by atoms with van der Waals surface area (Å²) < 4.78 is 25.6. The molecule has 5 amide bonds. The Morgan fingerprint density at radius 2 is 1.52 bits per heavy atom. The number of ketones is 1. The first kappa shape index (κ1) is 37.7. The zero-order valence-corrected chi connectivity index (χ0v) is 30.3. The zero-order chi connectivity index (χ0) is 35.9. The summed E-state index contributed by atoms with van der Waals surface area (Å²) in [5.41, 5.74) is 3.48. The van der Waals surface area contributed by atoms with Crippen LogP contribution >= 0.6 is 0 Å². The fraction of sp³-hybridized carbons (Fsp3) is 0.800. The summed E-state index contributed by atoms with van der Waals surface area (Å²) in [6.45, 7) is 10.8. The third-order valence-corrected chi connectivity index (χ3v) is 14.1. The molecule has 1 spiro atoms. The predicted octanol–water partition coefficient (Wildman–Crippen LogP) is 2.59. The maximum absolute atomic E-state index is 14.5. The summed E-state index contributed by atoms with van der Waals surface area (Å²) in [6.07, 6.45) is 13.1. The minimum Gasteiger partial charge on any atom is -0.363 e. The molecule has 268 valence electrons. The number of amides is 5. The van der Waals surface area contributed by atoms with Gasteiger partial charge in [0.15, 0.2) is 9.84 Å². The highest BCUT2D eigenvalue weighted by atomic mass is 32.2. The molecule has 0 bridgehead atoms. The predicted molar refractivity (Wildman–Crippen MR) is 182 cm³/mol. The number of carbonyl (C=O) groups is 5. The van der Waals surface area contributed by atoms with E-state index in [1.54, 1.807) is 20.8 Å². The zero-order valence-electron chi connectivity index (χ0n) is 29.4. The molecule has 12 nitrogen and oxygen atoms in total. The molecule has 0 aromatic rings. The molecule has 0 aromatic carbocycles. The molecule has 1 saturated heterocycles. The molecule has 1 aliphatic heterocycles. The fourth-order valence-corrected chi connectivity index (χ4v) is 10.0. The Morgan fingerprint density at radius 1 is 0.938 bits per heavy atom. The number of nitrogens with one attached hydrogen (secondary N) is 3. The SMILES string of the molecule is C#CCCC(NC(=O)[C@@H]1C2[C@H](CN1C(=O)[C@@H](NC(=O)NC1(CS(=O)(=O)C(C)(C)C)CCCCC1)C(C)(C)C)C21CCCC1)C(=O)C(N)=O. The molecule has 1 heterocycles. The van der Waals surface area contributed by atoms with Crippen molar-refractivity contribution in [2.75, 3.05) is 12.3 Å². The number of primary amides is 1. The summed E-state index contributed by atoms with van der Waals surface area (Å²) in [6, 6.07) is -3.79. The third-order valence-electron chi connectivity index (χ3n) is 11.3. The number of fused-ring (bicyclic) bond motifs is 3. The van der Waals surface area contributed by atoms with Crippen LogP contribution < -0.4 is 21.7 Å². The van der Waals surface area contributed by atoms with Crippen molar-refractivity contribution in [3.8, 4) is 12.3 Å². The first-order chi connectivity index (χ1) is 22.2. The van der Waals surface area contributed by atoms with E-state index in [2.05, 4.69) is 21.9 Å². The Hall–Kier alpha value is -3.14. The van der Waals surface area contributed by atoms with E-state index >= 15 is 0 Å². The van der Waals surface area contributed by atoms with Gasteiger partial charge < -0.3 is 26.6 Å². The average molecular weight is 690 g/mol. The maximum Gasteiger partial charge on any atom is 0.315 e. The van der Waals surface area contributed by atoms with Crippen molar-refractivity contribution in [1.29, 1.82) is 0 Å². The van der Waals surface area contributed by atoms with Crippen LogP contribution in [0, 0.1) is 35.0 Å². The summed E-state index contributed by atoms with van der Waals surface area (Å²) >= 11 is 0. The van der Waals surface area contributed by atoms with Crippen molar-refractivity contribution in [3.05, 3.63) is 0 Å². The first-order valence-corrected chi connectivity index (χ1v) is 19.0. The molecular formula is C35H55N5O7S. The molecule has 0 radical (unpaired) electrons. The lowest BCUT2D eigenvalue weighted by atomic mass is 9.83. The first-order valence-electron chi connectivity index (χ1n) is 17.4. The highest BCUT2D eigenvalue weighted by Crippen LogP contribution is 2.72. The van der Waals surface area contributed by atoms with Crippen LogP contribution in [0.2, 0.25) is 0 Å². The summed E-state index contributed by atoms with van der Waals surface area (Å²) in [5, 5.41) is 8.57. The lowest BCUT2D eigenvalue weighted by Gasteiger charge is -2.41. The van der Waals surface area contributed by atoms with Crippen molar-refractivity contribution < 1.29 is 32.4 Å². The van der Waals surface area contributed by atoms with Crippen LogP contribution in [0.4, 0.5) is 4.79 Å². The quantitative estimate of drug-likeness (QED) is 0.190. The molecule has 3 saturated carbocycles. The van der Waals surface area contributed by atoms with E-state index in [9.17, 15) is 32.4 Å². The van der Waals surface area contributed by atoms with Gasteiger partial charge in [-0.15, -0.1) is 12.3 Å². The van der Waals surface area contributed by atoms with Crippen LogP contribution in [0.25, 0.3) is 0 Å². The van der Waals surface area contributed by atoms with Crippen molar-refractivity contribution >= 4 is 39.4 Å². The summed E-state index contributed by atoms with van der Waals surface area (Å²) in [5.74, 6) is -0.877. The maximum atomic E-state index is 14.5. The average Bonchev–Trinajstić information content (AvgIpc) is 3.29. The van der Waals surface area contributed by atoms with E-state index in [0.29, 0.717) is 19.4 Å². The van der Waals surface area contributed by atoms with E-state index in [-0.39, 0.29) is 35.8 Å². The van der Waals surface area contributed by atoms with E-state index in [4.69, 9.17) is 12.2 Å². The number of sulfone groups is 1. The minimum absolute atomic E-state index is 0.0307. The third kappa shape index (κ3) is 7.53. The van der Waals surface area contributed by atoms with Gasteiger partial charge in [-0.3, -0.25) is 19.2 Å². The van der Waals surface area contributed by atoms with Crippen molar-refractivity contribution in [1.82, 2.24) is 20.9 Å². The number of piperidine rings is 1. The molecule has 4 fully saturated rings. The Balaban J connectivity index is 1.59. The number of Topliss-reactive ketones (excluding diaryl/α,β-unsaturated/α-hetero) is 1. The standard InChI is InChI=1S/C35H55N5O7S/c1-8-9-15-23(26(41)28(36)42)37-29(43)25-24-22(35(24)18-13-14-19-35)20-40(25)30(44)27(32(2,3)4)38-31(45)39-34(16-11-10-12-17-34)21-48(46,47)33(5,6)7/h1,22-25,27H,9-21H2,2-7H3,(H2,36,42)(H,37,43)(H2,38,39,45)/t22-,23?,24?,25-,27+/m0/s1. The van der Waals surface area contributed by atoms with Crippen LogP contribution in [0.15, 0.2) is 0 Å². The lowest BCUT2D eigenvalue weighted by Crippen LogP contribution is -2.64. The van der Waals surface area contributed by atoms with E-state index in [0.717, 1.165) is 44.9 Å². The topological polar surface area (TPSA) is 185 Å². The Kier molecular flexibility index (Phi) is 10.7. The molecule has 5 N–H and O–H groups in total. The van der Waals surface area contributed by atoms with Gasteiger partial charge in [0.2, 0.25) is 17.6 Å². The van der Waals surface area contributed by atoms with E-state index < -0.39 is 73.2 Å². The summed E-state index contributed by atoms with van der Waals surface area (Å²) in [4.78, 5) is 68.2. The monoisotopic (exact) mass is 689 g/mol. The molecule has 4 aliphatic rings. The van der Waals surface area contributed by atoms with E-state index in [1.807, 2.05) is 20.8 Å². The van der Waals surface area contributed by atoms with Crippen LogP contribution in [0.5, 0.6) is 0 Å². The highest BCUT2D eigenvalue weighted by Gasteiger charge is 2.74. The Labute approximate surface area is 285 Å². The lowest BCUT2D eigenvalue weighted by molar-refractivity contribution is -0.145. The second kappa shape index (κ2) is 13.6. The van der Waals surface area contributed by atoms with Crippen LogP contribution in [-0.4, -0.2) is 83.6 Å². The number of hydrogen-bond acceptors (Lipinski definition) is 7. The van der Waals surface area contributed by atoms with Crippen LogP contribution in [0.1, 0.15) is 112 Å². The number of nitrogens with two attached hydrogens (primary N) is 1. The van der Waals surface area contributed by atoms with Gasteiger partial charge in [0, 0.05) is 13.0 Å². The van der Waals surface area contributed by atoms with Crippen molar-refractivity contribution in [2.45, 2.75) is 141 Å². The number of terminal acetylenes is 1. The van der Waals surface area contributed by atoms with Crippen molar-refractivity contribution in [2.24, 2.45) is 28.4 Å². The Bertz CT molecular complexity index is 1440. The smallest absolute Gasteiger partial charge is 0.315 e. The molecule has 13 heteroatoms. The molecule has 3 aliphatic carbocycles. The Morgan fingerprint density at radius 3 is 2.04 bits per heavy atom. The minimum atomic E-state index is -3.57. The van der Waals surface area contributed by atoms with Gasteiger partial charge in [-0.05, 0) is 75.5 Å². The fourth-order valence-electron chi connectivity index (χ4n) is 8.49. The van der Waals surface area contributed by atoms with E-state index in [1.165, 1.54) is 4.90 Å². The highest BCUT2D eigenvalue weighted by molar-refractivity contribution is 7.92. The number of nitrogens with zero attached hydrogens (tertiary/aromatic N) is 1. The molecule has 48 heavy (non-hydrogen) atoms. The van der Waals surface area contributed by atoms with Gasteiger partial charge in [-0.25, -0.2) is 13.2 Å². The van der Waals surface area contributed by atoms with Crippen LogP contribution in [-0.2, 0) is 29.0 Å². The molecular weight excluding hydrogens is 634 g/mol. The molecule has 2 unspecified atom stereocenters. The van der Waals surface area contributed by atoms with Gasteiger partial charge in [-0.2, -0.15) is 0 Å². The van der Waals surface area contributed by atoms with Gasteiger partial charge in [0.05, 0.1) is 22.1 Å². The van der Waals surface area contributed by atoms with Gasteiger partial charge in [-0.1, -0.05) is 52.9 Å². The largest absolute Gasteiger partial charge is 0.363 e. The number of carbonyl (C=O) groups excluding carboxylic acids is 5. The number of urea groups is 1. The molecule has 5 atom stereocenters. The summed E-state index contributed by atoms with van der Waals surface area (Å²) in [7, 11) is -3.57. The van der Waals surface area contributed by atoms with Gasteiger partial charge >= 0.3 is 6.03 Å². The number of rotatable bonds is 11. The molecule has 4 rings (SSSR count). The molecule has 0 aromatic heterocycles. The normalized spacial score (nSPS) is 25.7. The van der Waals surface area contributed by atoms with Gasteiger partial charge in [0.25, 0.3) is 5.91 Å². The number of hydrogen-bond donors (Lipinski definition) is 4. The number of likely N-dealkylation sites (tertiary alicyclic amines) is 1. The van der Waals surface area contributed by atoms with Gasteiger partial charge in [0.1, 0.15) is 12.1 Å². The second-order valence-electron chi connectivity index (χ2n) is 16.7.